The van der Waals surface area contributed by atoms with Gasteiger partial charge in [-0.15, -0.1) is 0 Å². The lowest BCUT2D eigenvalue weighted by atomic mass is 9.86. The molecule has 0 aliphatic carbocycles. The Morgan fingerprint density at radius 1 is 1.38 bits per heavy atom. The molecule has 0 bridgehead atoms. The first kappa shape index (κ1) is 13.0. The van der Waals surface area contributed by atoms with Crippen molar-refractivity contribution in [3.63, 3.8) is 0 Å². The van der Waals surface area contributed by atoms with Gasteiger partial charge in [0, 0.05) is 19.5 Å². The Balaban J connectivity index is 2.88. The molecule has 1 N–H and O–H groups in total. The van der Waals surface area contributed by atoms with Crippen LogP contribution in [0.1, 0.15) is 40.5 Å². The second kappa shape index (κ2) is 4.85. The fraction of sp³-hybridized carbons (Fsp3) is 0.833. The summed E-state index contributed by atoms with van der Waals surface area (Å²) in [5, 5.41) is 2.83. The second-order valence-electron chi connectivity index (χ2n) is 5.44. The van der Waals surface area contributed by atoms with Crippen molar-refractivity contribution in [2.24, 2.45) is 5.41 Å². The minimum absolute atomic E-state index is 0.0214. The largest absolute Gasteiger partial charge is 0.344 e. The van der Waals surface area contributed by atoms with E-state index < -0.39 is 6.04 Å². The Hall–Kier alpha value is -1.06. The van der Waals surface area contributed by atoms with Crippen molar-refractivity contribution in [1.29, 1.82) is 0 Å². The van der Waals surface area contributed by atoms with Crippen LogP contribution in [0.25, 0.3) is 0 Å². The molecule has 0 aromatic carbocycles. The maximum atomic E-state index is 12.2. The maximum Gasteiger partial charge on any atom is 0.245 e. The Morgan fingerprint density at radius 2 is 2.00 bits per heavy atom. The number of nitrogens with zero attached hydrogens (tertiary/aromatic N) is 1. The highest BCUT2D eigenvalue weighted by Gasteiger charge is 2.37. The number of amides is 2. The second-order valence-corrected chi connectivity index (χ2v) is 5.44. The summed E-state index contributed by atoms with van der Waals surface area (Å²) < 4.78 is 0. The number of rotatable bonds is 2. The lowest BCUT2D eigenvalue weighted by molar-refractivity contribution is -0.136. The summed E-state index contributed by atoms with van der Waals surface area (Å²) >= 11 is 0. The van der Waals surface area contributed by atoms with Gasteiger partial charge in [0.15, 0.2) is 0 Å². The van der Waals surface area contributed by atoms with Gasteiger partial charge in [0.1, 0.15) is 6.04 Å². The first-order chi connectivity index (χ1) is 7.36. The van der Waals surface area contributed by atoms with Gasteiger partial charge in [0.25, 0.3) is 0 Å². The molecule has 16 heavy (non-hydrogen) atoms. The summed E-state index contributed by atoms with van der Waals surface area (Å²) in [6.07, 6.45) is 1.34. The van der Waals surface area contributed by atoms with Gasteiger partial charge in [-0.25, -0.2) is 0 Å². The average molecular weight is 226 g/mol. The van der Waals surface area contributed by atoms with Crippen LogP contribution in [0.4, 0.5) is 0 Å². The van der Waals surface area contributed by atoms with E-state index in [0.29, 0.717) is 13.0 Å². The van der Waals surface area contributed by atoms with E-state index in [-0.39, 0.29) is 17.2 Å². The van der Waals surface area contributed by atoms with Crippen LogP contribution in [0.15, 0.2) is 0 Å². The van der Waals surface area contributed by atoms with E-state index in [1.165, 1.54) is 0 Å². The van der Waals surface area contributed by atoms with Crippen LogP contribution in [0.5, 0.6) is 0 Å². The lowest BCUT2D eigenvalue weighted by Crippen LogP contribution is -2.51. The van der Waals surface area contributed by atoms with Gasteiger partial charge < -0.3 is 10.2 Å². The van der Waals surface area contributed by atoms with E-state index in [2.05, 4.69) is 5.32 Å². The molecule has 4 nitrogen and oxygen atoms in total. The number of hydrogen-bond donors (Lipinski definition) is 1. The molecule has 4 heteroatoms. The Labute approximate surface area is 97.4 Å². The fourth-order valence-electron chi connectivity index (χ4n) is 1.90. The molecular formula is C12H22N2O2. The maximum absolute atomic E-state index is 12.2. The molecule has 0 radical (unpaired) electrons. The zero-order valence-corrected chi connectivity index (χ0v) is 10.7. The molecule has 2 amide bonds. The summed E-state index contributed by atoms with van der Waals surface area (Å²) in [4.78, 5) is 25.6. The predicted octanol–water partition coefficient (Wildman–Crippen LogP) is 1.16. The Morgan fingerprint density at radius 3 is 2.50 bits per heavy atom. The summed E-state index contributed by atoms with van der Waals surface area (Å²) in [6, 6.07) is -0.394. The third-order valence-corrected chi connectivity index (χ3v) is 2.83. The van der Waals surface area contributed by atoms with Crippen LogP contribution >= 0.6 is 0 Å². The minimum atomic E-state index is -0.394. The molecule has 92 valence electrons. The first-order valence-electron chi connectivity index (χ1n) is 5.94. The van der Waals surface area contributed by atoms with E-state index in [0.717, 1.165) is 13.0 Å². The van der Waals surface area contributed by atoms with Crippen molar-refractivity contribution in [3.8, 4) is 0 Å². The average Bonchev–Trinajstić information content (AvgIpc) is 2.30. The molecular weight excluding hydrogens is 204 g/mol. The third kappa shape index (κ3) is 2.97. The predicted molar refractivity (Wildman–Crippen MR) is 62.9 cm³/mol. The fourth-order valence-corrected chi connectivity index (χ4v) is 1.90. The minimum Gasteiger partial charge on any atom is -0.344 e. The zero-order valence-electron chi connectivity index (χ0n) is 10.7. The van der Waals surface area contributed by atoms with Crippen molar-refractivity contribution in [3.05, 3.63) is 0 Å². The molecule has 0 aromatic heterocycles. The summed E-state index contributed by atoms with van der Waals surface area (Å²) in [5.41, 5.74) is -0.233. The summed E-state index contributed by atoms with van der Waals surface area (Å²) in [6.45, 7) is 9.26. The van der Waals surface area contributed by atoms with Gasteiger partial charge in [-0.2, -0.15) is 0 Å². The molecule has 0 aromatic rings. The van der Waals surface area contributed by atoms with Gasteiger partial charge >= 0.3 is 0 Å². The van der Waals surface area contributed by atoms with Gasteiger partial charge in [-0.05, 0) is 11.8 Å². The smallest absolute Gasteiger partial charge is 0.245 e. The van der Waals surface area contributed by atoms with Gasteiger partial charge in [-0.1, -0.05) is 27.7 Å². The van der Waals surface area contributed by atoms with E-state index in [9.17, 15) is 9.59 Å². The van der Waals surface area contributed by atoms with Gasteiger partial charge in [-0.3, -0.25) is 9.59 Å². The summed E-state index contributed by atoms with van der Waals surface area (Å²) in [5.74, 6) is 0.0343. The van der Waals surface area contributed by atoms with Crippen LogP contribution < -0.4 is 5.32 Å². The van der Waals surface area contributed by atoms with Crippen LogP contribution in [0.2, 0.25) is 0 Å². The molecule has 1 saturated heterocycles. The lowest BCUT2D eigenvalue weighted by Gasteiger charge is -2.32. The molecule has 1 heterocycles. The number of hydrogen-bond acceptors (Lipinski definition) is 2. The first-order valence-corrected chi connectivity index (χ1v) is 5.94. The number of carbonyl (C=O) groups excluding carboxylic acids is 2. The molecule has 1 fully saturated rings. The highest BCUT2D eigenvalue weighted by atomic mass is 16.2. The van der Waals surface area contributed by atoms with Gasteiger partial charge in [0.2, 0.25) is 11.8 Å². The van der Waals surface area contributed by atoms with Crippen molar-refractivity contribution in [2.75, 3.05) is 13.1 Å². The third-order valence-electron chi connectivity index (χ3n) is 2.83. The Kier molecular flexibility index (Phi) is 3.94. The highest BCUT2D eigenvalue weighted by molar-refractivity contribution is 5.90. The van der Waals surface area contributed by atoms with Crippen LogP contribution in [0.3, 0.4) is 0 Å². The standard InChI is InChI=1S/C12H22N2O2/c1-5-7-14-8-6-9(15)13-10(11(14)16)12(2,3)4/h10H,5-8H2,1-4H3,(H,13,15). The van der Waals surface area contributed by atoms with E-state index >= 15 is 0 Å². The monoisotopic (exact) mass is 226 g/mol. The van der Waals surface area contributed by atoms with Crippen molar-refractivity contribution in [1.82, 2.24) is 10.2 Å². The topological polar surface area (TPSA) is 49.4 Å². The molecule has 1 rings (SSSR count). The number of nitrogens with one attached hydrogen (secondary N) is 1. The molecule has 1 atom stereocenters. The van der Waals surface area contributed by atoms with E-state index in [1.54, 1.807) is 4.90 Å². The molecule has 1 aliphatic heterocycles. The normalized spacial score (nSPS) is 23.0. The van der Waals surface area contributed by atoms with Crippen LogP contribution in [-0.4, -0.2) is 35.8 Å². The SMILES string of the molecule is CCCN1CCC(=O)NC(C(C)(C)C)C1=O. The number of carbonyl (C=O) groups is 2. The quantitative estimate of drug-likeness (QED) is 0.768. The van der Waals surface area contributed by atoms with E-state index in [1.807, 2.05) is 27.7 Å². The molecule has 0 spiro atoms. The van der Waals surface area contributed by atoms with Gasteiger partial charge in [0.05, 0.1) is 0 Å². The van der Waals surface area contributed by atoms with Crippen molar-refractivity contribution in [2.45, 2.75) is 46.6 Å². The van der Waals surface area contributed by atoms with Crippen LogP contribution in [-0.2, 0) is 9.59 Å². The molecule has 1 unspecified atom stereocenters. The summed E-state index contributed by atoms with van der Waals surface area (Å²) in [7, 11) is 0. The highest BCUT2D eigenvalue weighted by Crippen LogP contribution is 2.23. The zero-order chi connectivity index (χ0) is 12.3. The Bertz CT molecular complexity index is 281. The van der Waals surface area contributed by atoms with E-state index in [4.69, 9.17) is 0 Å². The molecule has 1 aliphatic rings. The van der Waals surface area contributed by atoms with Crippen molar-refractivity contribution < 1.29 is 9.59 Å². The molecule has 0 saturated carbocycles. The van der Waals surface area contributed by atoms with Crippen molar-refractivity contribution >= 4 is 11.8 Å². The van der Waals surface area contributed by atoms with Crippen LogP contribution in [0, 0.1) is 5.41 Å².